The maximum absolute atomic E-state index is 14.2. The first-order valence-corrected chi connectivity index (χ1v) is 7.87. The van der Waals surface area contributed by atoms with Crippen LogP contribution in [0.1, 0.15) is 19.8 Å². The molecule has 7 heteroatoms. The third-order valence-electron chi connectivity index (χ3n) is 4.67. The molecule has 0 N–H and O–H groups in total. The summed E-state index contributed by atoms with van der Waals surface area (Å²) < 4.78 is 38.5. The summed E-state index contributed by atoms with van der Waals surface area (Å²) in [5, 5.41) is 0. The molecule has 24 heavy (non-hydrogen) atoms. The van der Waals surface area contributed by atoms with Crippen molar-refractivity contribution >= 4 is 11.8 Å². The van der Waals surface area contributed by atoms with Gasteiger partial charge in [0, 0.05) is 25.3 Å². The summed E-state index contributed by atoms with van der Waals surface area (Å²) in [6, 6.07) is 0. The lowest BCUT2D eigenvalue weighted by atomic mass is 9.89. The van der Waals surface area contributed by atoms with Crippen molar-refractivity contribution in [1.82, 2.24) is 4.90 Å². The average molecular weight is 335 g/mol. The van der Waals surface area contributed by atoms with Crippen LogP contribution in [0.5, 0.6) is 0 Å². The molecule has 2 aliphatic heterocycles. The second-order valence-corrected chi connectivity index (χ2v) is 6.03. The summed E-state index contributed by atoms with van der Waals surface area (Å²) in [6.45, 7) is 2.25. The van der Waals surface area contributed by atoms with Crippen molar-refractivity contribution in [3.63, 3.8) is 0 Å². The summed E-state index contributed by atoms with van der Waals surface area (Å²) >= 11 is 0. The van der Waals surface area contributed by atoms with Gasteiger partial charge in [0.05, 0.1) is 18.0 Å². The molecule has 0 amide bonds. The lowest BCUT2D eigenvalue weighted by molar-refractivity contribution is -0.150. The zero-order valence-corrected chi connectivity index (χ0v) is 13.0. The van der Waals surface area contributed by atoms with Crippen molar-refractivity contribution < 1.29 is 27.8 Å². The number of nitrogens with zero attached hydrogens (tertiary/aromatic N) is 1. The highest BCUT2D eigenvalue weighted by molar-refractivity contribution is 6.10. The van der Waals surface area contributed by atoms with E-state index >= 15 is 0 Å². The molecule has 0 bridgehead atoms. The van der Waals surface area contributed by atoms with E-state index in [1.54, 1.807) is 11.8 Å². The third-order valence-corrected chi connectivity index (χ3v) is 4.67. The molecule has 2 unspecified atom stereocenters. The maximum Gasteiger partial charge on any atom is 0.317 e. The van der Waals surface area contributed by atoms with Crippen LogP contribution in [0.2, 0.25) is 0 Å². The van der Waals surface area contributed by atoms with Crippen LogP contribution in [-0.4, -0.2) is 29.8 Å². The number of carbonyl (C=O) groups excluding carboxylic acids is 2. The minimum atomic E-state index is -1.07. The van der Waals surface area contributed by atoms with Crippen LogP contribution in [0.25, 0.3) is 0 Å². The van der Waals surface area contributed by atoms with Crippen molar-refractivity contribution in [3.05, 3.63) is 46.7 Å². The standard InChI is InChI=1S/C17H15F2NO4/c1-2-23-17(22)9-7-11-15(14(9)21)24-16-12(19)10(18)6-8-4-3-5-20(11)13(8)16/h3-4,8-9H,2,5-7H2,1H3. The summed E-state index contributed by atoms with van der Waals surface area (Å²) in [4.78, 5) is 26.3. The fourth-order valence-electron chi connectivity index (χ4n) is 3.60. The minimum Gasteiger partial charge on any atom is -0.465 e. The summed E-state index contributed by atoms with van der Waals surface area (Å²) in [7, 11) is 0. The molecule has 0 saturated heterocycles. The molecule has 0 fully saturated rings. The molecule has 4 aliphatic rings. The van der Waals surface area contributed by atoms with Gasteiger partial charge in [0.1, 0.15) is 11.7 Å². The number of rotatable bonds is 2. The Morgan fingerprint density at radius 2 is 2.17 bits per heavy atom. The van der Waals surface area contributed by atoms with E-state index in [9.17, 15) is 18.4 Å². The molecule has 2 aliphatic carbocycles. The summed E-state index contributed by atoms with van der Waals surface area (Å²) in [5.74, 6) is -4.76. The number of halogens is 2. The van der Waals surface area contributed by atoms with Gasteiger partial charge in [-0.15, -0.1) is 0 Å². The second kappa shape index (κ2) is 5.29. The predicted octanol–water partition coefficient (Wildman–Crippen LogP) is 2.63. The van der Waals surface area contributed by atoms with Crippen LogP contribution in [0.4, 0.5) is 8.78 Å². The molecular weight excluding hydrogens is 320 g/mol. The highest BCUT2D eigenvalue weighted by atomic mass is 19.2. The molecule has 126 valence electrons. The number of allylic oxidation sites excluding steroid dienone is 5. The number of hydrogen-bond acceptors (Lipinski definition) is 5. The van der Waals surface area contributed by atoms with Gasteiger partial charge in [0.2, 0.25) is 5.78 Å². The van der Waals surface area contributed by atoms with Crippen LogP contribution in [0.15, 0.2) is 46.7 Å². The summed E-state index contributed by atoms with van der Waals surface area (Å²) in [5.41, 5.74) is 1.06. The largest absolute Gasteiger partial charge is 0.465 e. The number of hydrogen-bond donors (Lipinski definition) is 0. The van der Waals surface area contributed by atoms with Gasteiger partial charge in [0.25, 0.3) is 0 Å². The van der Waals surface area contributed by atoms with Gasteiger partial charge >= 0.3 is 5.97 Å². The Bertz CT molecular complexity index is 777. The summed E-state index contributed by atoms with van der Waals surface area (Å²) in [6.07, 6.45) is 3.74. The predicted molar refractivity (Wildman–Crippen MR) is 78.1 cm³/mol. The van der Waals surface area contributed by atoms with Crippen molar-refractivity contribution in [1.29, 1.82) is 0 Å². The molecule has 0 aromatic carbocycles. The third kappa shape index (κ3) is 1.96. The van der Waals surface area contributed by atoms with E-state index in [0.717, 1.165) is 0 Å². The zero-order chi connectivity index (χ0) is 17.0. The van der Waals surface area contributed by atoms with Gasteiger partial charge in [-0.25, -0.2) is 4.39 Å². The van der Waals surface area contributed by atoms with E-state index in [2.05, 4.69) is 0 Å². The fourth-order valence-corrected chi connectivity index (χ4v) is 3.60. The van der Waals surface area contributed by atoms with Crippen molar-refractivity contribution in [2.45, 2.75) is 19.8 Å². The van der Waals surface area contributed by atoms with Gasteiger partial charge in [0.15, 0.2) is 17.3 Å². The lowest BCUT2D eigenvalue weighted by Crippen LogP contribution is -2.36. The lowest BCUT2D eigenvalue weighted by Gasteiger charge is -2.40. The average Bonchev–Trinajstić information content (AvgIpc) is 2.90. The van der Waals surface area contributed by atoms with E-state index in [1.165, 1.54) is 0 Å². The van der Waals surface area contributed by atoms with Crippen molar-refractivity contribution in [2.75, 3.05) is 13.2 Å². The van der Waals surface area contributed by atoms with E-state index in [0.29, 0.717) is 17.9 Å². The SMILES string of the molecule is CCOC(=O)C1CC2=C(OC3=C4C(C=CCN24)CC(F)=C3F)C1=O. The normalized spacial score (nSPS) is 28.1. The number of carbonyl (C=O) groups is 2. The Kier molecular flexibility index (Phi) is 3.33. The first-order chi connectivity index (χ1) is 11.5. The Labute approximate surface area is 136 Å². The number of fused-ring (bicyclic) bond motifs is 1. The highest BCUT2D eigenvalue weighted by Crippen LogP contribution is 2.49. The van der Waals surface area contributed by atoms with Crippen molar-refractivity contribution in [3.8, 4) is 0 Å². The zero-order valence-electron chi connectivity index (χ0n) is 13.0. The van der Waals surface area contributed by atoms with Gasteiger partial charge in [-0.3, -0.25) is 9.59 Å². The number of ketones is 1. The number of esters is 1. The minimum absolute atomic E-state index is 0.0705. The Morgan fingerprint density at radius 3 is 2.92 bits per heavy atom. The highest BCUT2D eigenvalue weighted by Gasteiger charge is 2.49. The quantitative estimate of drug-likeness (QED) is 0.441. The van der Waals surface area contributed by atoms with E-state index in [1.807, 2.05) is 12.2 Å². The van der Waals surface area contributed by atoms with E-state index in [-0.39, 0.29) is 36.9 Å². The molecule has 2 heterocycles. The van der Waals surface area contributed by atoms with E-state index in [4.69, 9.17) is 9.47 Å². The van der Waals surface area contributed by atoms with Crippen LogP contribution in [0, 0.1) is 11.8 Å². The number of Topliss-reactive ketones (excluding diaryl/α,β-unsaturated/α-hetero) is 1. The fraction of sp³-hybridized carbons (Fsp3) is 0.412. The van der Waals surface area contributed by atoms with Gasteiger partial charge in [-0.2, -0.15) is 4.39 Å². The Morgan fingerprint density at radius 1 is 1.38 bits per heavy atom. The molecule has 0 radical (unpaired) electrons. The van der Waals surface area contributed by atoms with Crippen LogP contribution >= 0.6 is 0 Å². The molecular formula is C17H15F2NO4. The Balaban J connectivity index is 1.73. The molecule has 0 saturated carbocycles. The first kappa shape index (κ1) is 15.1. The monoisotopic (exact) mass is 335 g/mol. The van der Waals surface area contributed by atoms with Crippen LogP contribution in [0.3, 0.4) is 0 Å². The van der Waals surface area contributed by atoms with Gasteiger partial charge < -0.3 is 14.4 Å². The van der Waals surface area contributed by atoms with Crippen LogP contribution < -0.4 is 0 Å². The van der Waals surface area contributed by atoms with E-state index < -0.39 is 29.3 Å². The maximum atomic E-state index is 14.2. The number of ether oxygens (including phenoxy) is 2. The molecule has 2 atom stereocenters. The molecule has 5 nitrogen and oxygen atoms in total. The van der Waals surface area contributed by atoms with Gasteiger partial charge in [-0.05, 0) is 6.92 Å². The second-order valence-electron chi connectivity index (χ2n) is 6.03. The molecule has 0 aromatic rings. The smallest absolute Gasteiger partial charge is 0.317 e. The van der Waals surface area contributed by atoms with Crippen molar-refractivity contribution in [2.24, 2.45) is 11.8 Å². The molecule has 4 rings (SSSR count). The first-order valence-electron chi connectivity index (χ1n) is 7.87. The Hall–Kier alpha value is -2.44. The van der Waals surface area contributed by atoms with Gasteiger partial charge in [-0.1, -0.05) is 12.2 Å². The molecule has 0 spiro atoms. The molecule has 0 aromatic heterocycles. The topological polar surface area (TPSA) is 55.8 Å². The van der Waals surface area contributed by atoms with Crippen LogP contribution in [-0.2, 0) is 19.1 Å².